The summed E-state index contributed by atoms with van der Waals surface area (Å²) < 4.78 is 0. The first-order chi connectivity index (χ1) is 7.97. The number of hydrogen-bond donors (Lipinski definition) is 3. The van der Waals surface area contributed by atoms with E-state index in [1.807, 2.05) is 13.8 Å². The van der Waals surface area contributed by atoms with Crippen LogP contribution in [0.5, 0.6) is 0 Å². The van der Waals surface area contributed by atoms with Crippen LogP contribution in [0.15, 0.2) is 5.16 Å². The third kappa shape index (κ3) is 6.48. The zero-order valence-corrected chi connectivity index (χ0v) is 11.3. The summed E-state index contributed by atoms with van der Waals surface area (Å²) in [7, 11) is 0. The summed E-state index contributed by atoms with van der Waals surface area (Å²) >= 11 is 0. The number of amidine groups is 1. The predicted octanol–water partition coefficient (Wildman–Crippen LogP) is 1.24. The molecule has 0 unspecified atom stereocenters. The van der Waals surface area contributed by atoms with Crippen molar-refractivity contribution in [1.29, 1.82) is 0 Å². The minimum absolute atomic E-state index is 0.174. The Morgan fingerprint density at radius 2 is 1.94 bits per heavy atom. The van der Waals surface area contributed by atoms with Crippen molar-refractivity contribution >= 4 is 5.84 Å². The number of nitrogens with two attached hydrogens (primary N) is 1. The van der Waals surface area contributed by atoms with Gasteiger partial charge in [-0.1, -0.05) is 32.3 Å². The molecule has 0 radical (unpaired) electrons. The molecule has 0 aliphatic heterocycles. The van der Waals surface area contributed by atoms with Crippen molar-refractivity contribution in [3.63, 3.8) is 0 Å². The molecular formula is C12H27N3O2. The summed E-state index contributed by atoms with van der Waals surface area (Å²) in [4.78, 5) is 2.22. The number of rotatable bonds is 9. The van der Waals surface area contributed by atoms with Crippen molar-refractivity contribution < 1.29 is 10.3 Å². The van der Waals surface area contributed by atoms with Gasteiger partial charge in [0.1, 0.15) is 5.84 Å². The van der Waals surface area contributed by atoms with Crippen LogP contribution in [0.25, 0.3) is 0 Å². The lowest BCUT2D eigenvalue weighted by molar-refractivity contribution is 0.181. The third-order valence-electron chi connectivity index (χ3n) is 3.10. The van der Waals surface area contributed by atoms with Gasteiger partial charge < -0.3 is 20.9 Å². The zero-order chi connectivity index (χ0) is 13.3. The molecule has 4 N–H and O–H groups in total. The van der Waals surface area contributed by atoms with Crippen molar-refractivity contribution in [1.82, 2.24) is 4.90 Å². The van der Waals surface area contributed by atoms with E-state index in [0.717, 1.165) is 32.4 Å². The summed E-state index contributed by atoms with van der Waals surface area (Å²) in [6.07, 6.45) is 3.09. The highest BCUT2D eigenvalue weighted by atomic mass is 16.4. The minimum Gasteiger partial charge on any atom is -0.409 e. The van der Waals surface area contributed by atoms with Gasteiger partial charge in [-0.2, -0.15) is 0 Å². The van der Waals surface area contributed by atoms with E-state index in [-0.39, 0.29) is 17.9 Å². The monoisotopic (exact) mass is 245 g/mol. The number of aliphatic hydroxyl groups excluding tert-OH is 1. The molecule has 5 nitrogen and oxygen atoms in total. The van der Waals surface area contributed by atoms with Crippen molar-refractivity contribution in [2.45, 2.75) is 40.0 Å². The molecule has 0 aliphatic rings. The van der Waals surface area contributed by atoms with Gasteiger partial charge in [-0.05, 0) is 25.9 Å². The molecule has 0 rings (SSSR count). The van der Waals surface area contributed by atoms with E-state index in [0.29, 0.717) is 6.54 Å². The molecule has 0 atom stereocenters. The van der Waals surface area contributed by atoms with Gasteiger partial charge in [0.05, 0.1) is 6.61 Å². The summed E-state index contributed by atoms with van der Waals surface area (Å²) in [6, 6.07) is 0. The number of unbranched alkanes of at least 4 members (excludes halogenated alkanes) is 1. The molecule has 0 aromatic rings. The average Bonchev–Trinajstić information content (AvgIpc) is 2.31. The van der Waals surface area contributed by atoms with Gasteiger partial charge in [0.2, 0.25) is 0 Å². The Kier molecular flexibility index (Phi) is 7.91. The maximum absolute atomic E-state index is 8.99. The highest BCUT2D eigenvalue weighted by Gasteiger charge is 2.24. The number of aliphatic hydroxyl groups is 1. The Labute approximate surface area is 104 Å². The minimum atomic E-state index is -0.311. The second-order valence-corrected chi connectivity index (χ2v) is 5.04. The summed E-state index contributed by atoms with van der Waals surface area (Å²) in [5.41, 5.74) is 5.33. The molecule has 0 aromatic heterocycles. The first-order valence-electron chi connectivity index (χ1n) is 6.29. The normalized spacial score (nSPS) is 13.4. The molecule has 102 valence electrons. The fourth-order valence-corrected chi connectivity index (χ4v) is 1.56. The van der Waals surface area contributed by atoms with Gasteiger partial charge in [0.25, 0.3) is 0 Å². The highest BCUT2D eigenvalue weighted by molar-refractivity contribution is 5.85. The fourth-order valence-electron chi connectivity index (χ4n) is 1.56. The molecule has 0 spiro atoms. The van der Waals surface area contributed by atoms with Gasteiger partial charge in [0, 0.05) is 12.0 Å². The first-order valence-corrected chi connectivity index (χ1v) is 6.29. The summed E-state index contributed by atoms with van der Waals surface area (Å²) in [6.45, 7) is 8.77. The summed E-state index contributed by atoms with van der Waals surface area (Å²) in [5.74, 6) is 0.261. The predicted molar refractivity (Wildman–Crippen MR) is 70.2 cm³/mol. The van der Waals surface area contributed by atoms with Gasteiger partial charge in [-0.25, -0.2) is 0 Å². The smallest absolute Gasteiger partial charge is 0.144 e. The number of oxime groups is 1. The second-order valence-electron chi connectivity index (χ2n) is 5.04. The molecule has 0 amide bonds. The molecule has 0 saturated heterocycles. The van der Waals surface area contributed by atoms with Crippen LogP contribution in [-0.2, 0) is 0 Å². The van der Waals surface area contributed by atoms with Gasteiger partial charge in [0.15, 0.2) is 0 Å². The SMILES string of the molecule is CCCCN(CCO)CCC(C)(C)C(N)=NO. The van der Waals surface area contributed by atoms with Crippen LogP contribution in [0, 0.1) is 5.41 Å². The van der Waals surface area contributed by atoms with E-state index < -0.39 is 0 Å². The van der Waals surface area contributed by atoms with E-state index in [4.69, 9.17) is 16.0 Å². The van der Waals surface area contributed by atoms with Crippen LogP contribution in [-0.4, -0.2) is 47.3 Å². The van der Waals surface area contributed by atoms with E-state index in [9.17, 15) is 0 Å². The van der Waals surface area contributed by atoms with Gasteiger partial charge in [-0.3, -0.25) is 0 Å². The highest BCUT2D eigenvalue weighted by Crippen LogP contribution is 2.20. The standard InChI is InChI=1S/C12H27N3O2/c1-4-5-7-15(9-10-16)8-6-12(2,3)11(13)14-17/h16-17H,4-10H2,1-3H3,(H2,13,14). The molecule has 0 saturated carbocycles. The van der Waals surface area contributed by atoms with Crippen LogP contribution >= 0.6 is 0 Å². The fraction of sp³-hybridized carbons (Fsp3) is 0.917. The first kappa shape index (κ1) is 16.2. The van der Waals surface area contributed by atoms with Gasteiger partial charge >= 0.3 is 0 Å². The van der Waals surface area contributed by atoms with E-state index in [1.165, 1.54) is 0 Å². The molecular weight excluding hydrogens is 218 g/mol. The second kappa shape index (κ2) is 8.31. The molecule has 17 heavy (non-hydrogen) atoms. The van der Waals surface area contributed by atoms with E-state index >= 15 is 0 Å². The zero-order valence-electron chi connectivity index (χ0n) is 11.3. The maximum Gasteiger partial charge on any atom is 0.144 e. The van der Waals surface area contributed by atoms with Gasteiger partial charge in [-0.15, -0.1) is 0 Å². The Morgan fingerprint density at radius 1 is 1.29 bits per heavy atom. The Balaban J connectivity index is 4.18. The molecule has 0 aliphatic carbocycles. The Morgan fingerprint density at radius 3 is 2.41 bits per heavy atom. The lowest BCUT2D eigenvalue weighted by atomic mass is 9.88. The van der Waals surface area contributed by atoms with Crippen LogP contribution in [0.4, 0.5) is 0 Å². The lowest BCUT2D eigenvalue weighted by Crippen LogP contribution is -2.37. The van der Waals surface area contributed by atoms with Crippen molar-refractivity contribution in [3.05, 3.63) is 0 Å². The van der Waals surface area contributed by atoms with Crippen LogP contribution in [0.3, 0.4) is 0 Å². The maximum atomic E-state index is 8.99. The molecule has 0 bridgehead atoms. The van der Waals surface area contributed by atoms with Crippen LogP contribution in [0.2, 0.25) is 0 Å². The third-order valence-corrected chi connectivity index (χ3v) is 3.10. The number of nitrogens with zero attached hydrogens (tertiary/aromatic N) is 2. The van der Waals surface area contributed by atoms with Crippen molar-refractivity contribution in [2.75, 3.05) is 26.2 Å². The Hall–Kier alpha value is -0.810. The number of hydrogen-bond acceptors (Lipinski definition) is 4. The topological polar surface area (TPSA) is 82.1 Å². The van der Waals surface area contributed by atoms with Crippen molar-refractivity contribution in [2.24, 2.45) is 16.3 Å². The average molecular weight is 245 g/mol. The Bertz CT molecular complexity index is 230. The molecule has 5 heteroatoms. The largest absolute Gasteiger partial charge is 0.409 e. The van der Waals surface area contributed by atoms with Crippen LogP contribution in [0.1, 0.15) is 40.0 Å². The van der Waals surface area contributed by atoms with E-state index in [1.54, 1.807) is 0 Å². The van der Waals surface area contributed by atoms with Crippen LogP contribution < -0.4 is 5.73 Å². The van der Waals surface area contributed by atoms with Crippen molar-refractivity contribution in [3.8, 4) is 0 Å². The molecule has 0 fully saturated rings. The lowest BCUT2D eigenvalue weighted by Gasteiger charge is -2.28. The quantitative estimate of drug-likeness (QED) is 0.247. The molecule has 0 aromatic carbocycles. The summed E-state index contributed by atoms with van der Waals surface area (Å²) in [5, 5.41) is 20.8. The molecule has 0 heterocycles. The van der Waals surface area contributed by atoms with E-state index in [2.05, 4.69) is 17.0 Å².